The summed E-state index contributed by atoms with van der Waals surface area (Å²) in [6.07, 6.45) is 2.33. The molecule has 2 aromatic rings. The van der Waals surface area contributed by atoms with E-state index in [0.717, 1.165) is 12.2 Å². The maximum absolute atomic E-state index is 11.6. The first-order valence-electron chi connectivity index (χ1n) is 6.03. The van der Waals surface area contributed by atoms with Crippen LogP contribution < -0.4 is 5.32 Å². The molecule has 0 saturated carbocycles. The number of aromatic nitrogens is 3. The molecular weight excluding hydrogens is 248 g/mol. The molecule has 0 bridgehead atoms. The molecule has 0 aromatic carbocycles. The van der Waals surface area contributed by atoms with Gasteiger partial charge in [0.15, 0.2) is 0 Å². The number of carbonyl (C=O) groups is 1. The minimum atomic E-state index is -0.282. The van der Waals surface area contributed by atoms with Crippen LogP contribution in [-0.2, 0) is 11.3 Å². The van der Waals surface area contributed by atoms with E-state index in [-0.39, 0.29) is 11.7 Å². The van der Waals surface area contributed by atoms with Gasteiger partial charge in [0.05, 0.1) is 6.26 Å². The lowest BCUT2D eigenvalue weighted by molar-refractivity contribution is 0.0909. The first-order chi connectivity index (χ1) is 9.25. The minimum Gasteiger partial charge on any atom is -0.467 e. The molecule has 0 spiro atoms. The van der Waals surface area contributed by atoms with Crippen LogP contribution in [0, 0.1) is 6.92 Å². The Bertz CT molecular complexity index is 507. The number of rotatable bonds is 7. The average Bonchev–Trinajstić information content (AvgIpc) is 3.04. The van der Waals surface area contributed by atoms with Gasteiger partial charge < -0.3 is 14.5 Å². The number of nitrogens with one attached hydrogen (secondary N) is 2. The van der Waals surface area contributed by atoms with Crippen LogP contribution in [0.3, 0.4) is 0 Å². The summed E-state index contributed by atoms with van der Waals surface area (Å²) < 4.78 is 10.5. The number of nitrogens with zero attached hydrogens (tertiary/aromatic N) is 2. The quantitative estimate of drug-likeness (QED) is 0.729. The van der Waals surface area contributed by atoms with E-state index in [1.807, 2.05) is 12.1 Å². The van der Waals surface area contributed by atoms with Crippen molar-refractivity contribution in [1.82, 2.24) is 20.5 Å². The molecule has 7 heteroatoms. The summed E-state index contributed by atoms with van der Waals surface area (Å²) >= 11 is 0. The highest BCUT2D eigenvalue weighted by molar-refractivity contribution is 5.90. The van der Waals surface area contributed by atoms with Gasteiger partial charge in [0, 0.05) is 13.2 Å². The number of ether oxygens (including phenoxy) is 1. The van der Waals surface area contributed by atoms with Crippen molar-refractivity contribution in [2.24, 2.45) is 0 Å². The summed E-state index contributed by atoms with van der Waals surface area (Å²) in [6.45, 7) is 3.26. The van der Waals surface area contributed by atoms with Crippen LogP contribution in [0.25, 0.3) is 0 Å². The molecule has 0 unspecified atom stereocenters. The largest absolute Gasteiger partial charge is 0.467 e. The molecule has 19 heavy (non-hydrogen) atoms. The number of hydrogen-bond donors (Lipinski definition) is 2. The van der Waals surface area contributed by atoms with Gasteiger partial charge >= 0.3 is 0 Å². The van der Waals surface area contributed by atoms with E-state index in [0.29, 0.717) is 25.6 Å². The fourth-order valence-corrected chi connectivity index (χ4v) is 1.47. The third-order valence-corrected chi connectivity index (χ3v) is 2.38. The van der Waals surface area contributed by atoms with Crippen LogP contribution in [0.2, 0.25) is 0 Å². The van der Waals surface area contributed by atoms with E-state index in [4.69, 9.17) is 9.15 Å². The van der Waals surface area contributed by atoms with Crippen LogP contribution in [0.4, 0.5) is 0 Å². The normalized spacial score (nSPS) is 10.6. The molecule has 1 amide bonds. The number of furan rings is 1. The van der Waals surface area contributed by atoms with Gasteiger partial charge in [-0.2, -0.15) is 0 Å². The van der Waals surface area contributed by atoms with E-state index >= 15 is 0 Å². The molecule has 7 nitrogen and oxygen atoms in total. The number of H-pyrrole nitrogens is 1. The highest BCUT2D eigenvalue weighted by Crippen LogP contribution is 2.01. The zero-order chi connectivity index (χ0) is 13.5. The van der Waals surface area contributed by atoms with Crippen molar-refractivity contribution < 1.29 is 13.9 Å². The molecule has 2 N–H and O–H groups in total. The van der Waals surface area contributed by atoms with Gasteiger partial charge in [-0.25, -0.2) is 4.98 Å². The predicted molar refractivity (Wildman–Crippen MR) is 66.4 cm³/mol. The van der Waals surface area contributed by atoms with Gasteiger partial charge in [-0.3, -0.25) is 9.89 Å². The van der Waals surface area contributed by atoms with E-state index < -0.39 is 0 Å². The van der Waals surface area contributed by atoms with Gasteiger partial charge in [0.2, 0.25) is 5.82 Å². The minimum absolute atomic E-state index is 0.161. The highest BCUT2D eigenvalue weighted by atomic mass is 16.5. The first-order valence-corrected chi connectivity index (χ1v) is 6.03. The molecule has 2 heterocycles. The van der Waals surface area contributed by atoms with Crippen molar-refractivity contribution in [2.75, 3.05) is 13.2 Å². The van der Waals surface area contributed by atoms with Gasteiger partial charge in [-0.1, -0.05) is 0 Å². The van der Waals surface area contributed by atoms with Gasteiger partial charge in [-0.15, -0.1) is 5.10 Å². The number of aryl methyl sites for hydroxylation is 1. The fourth-order valence-electron chi connectivity index (χ4n) is 1.47. The number of amides is 1. The second kappa shape index (κ2) is 6.69. The van der Waals surface area contributed by atoms with Gasteiger partial charge in [-0.05, 0) is 25.5 Å². The Labute approximate surface area is 110 Å². The first kappa shape index (κ1) is 13.3. The molecule has 2 rings (SSSR count). The van der Waals surface area contributed by atoms with Gasteiger partial charge in [0.1, 0.15) is 18.2 Å². The molecular formula is C12H16N4O3. The second-order valence-electron chi connectivity index (χ2n) is 3.99. The Balaban J connectivity index is 1.55. The van der Waals surface area contributed by atoms with Crippen LogP contribution in [0.15, 0.2) is 22.8 Å². The fraction of sp³-hybridized carbons (Fsp3) is 0.417. The van der Waals surface area contributed by atoms with Crippen molar-refractivity contribution in [3.05, 3.63) is 35.8 Å². The van der Waals surface area contributed by atoms with Crippen LogP contribution in [0.1, 0.15) is 28.6 Å². The van der Waals surface area contributed by atoms with Gasteiger partial charge in [0.25, 0.3) is 5.91 Å². The SMILES string of the molecule is Cc1nc(C(=O)NCCCOCc2ccco2)n[nH]1. The van der Waals surface area contributed by atoms with Crippen molar-refractivity contribution in [3.8, 4) is 0 Å². The maximum atomic E-state index is 11.6. The molecule has 0 saturated heterocycles. The molecule has 2 aromatic heterocycles. The molecule has 102 valence electrons. The van der Waals surface area contributed by atoms with Crippen molar-refractivity contribution in [3.63, 3.8) is 0 Å². The van der Waals surface area contributed by atoms with Crippen LogP contribution >= 0.6 is 0 Å². The number of hydrogen-bond acceptors (Lipinski definition) is 5. The summed E-state index contributed by atoms with van der Waals surface area (Å²) in [5.41, 5.74) is 0. The smallest absolute Gasteiger partial charge is 0.290 e. The Morgan fingerprint density at radius 2 is 2.47 bits per heavy atom. The topological polar surface area (TPSA) is 93.0 Å². The highest BCUT2D eigenvalue weighted by Gasteiger charge is 2.09. The Hall–Kier alpha value is -2.15. The van der Waals surface area contributed by atoms with Crippen LogP contribution in [-0.4, -0.2) is 34.2 Å². The second-order valence-corrected chi connectivity index (χ2v) is 3.99. The summed E-state index contributed by atoms with van der Waals surface area (Å²) in [5.74, 6) is 1.29. The van der Waals surface area contributed by atoms with E-state index in [1.54, 1.807) is 13.2 Å². The van der Waals surface area contributed by atoms with Crippen molar-refractivity contribution >= 4 is 5.91 Å². The lowest BCUT2D eigenvalue weighted by Gasteiger charge is -2.03. The number of carbonyl (C=O) groups excluding carboxylic acids is 1. The van der Waals surface area contributed by atoms with Crippen LogP contribution in [0.5, 0.6) is 0 Å². The average molecular weight is 264 g/mol. The lowest BCUT2D eigenvalue weighted by Crippen LogP contribution is -2.26. The Kier molecular flexibility index (Phi) is 4.68. The Morgan fingerprint density at radius 1 is 1.58 bits per heavy atom. The Morgan fingerprint density at radius 3 is 3.16 bits per heavy atom. The van der Waals surface area contributed by atoms with E-state index in [1.165, 1.54) is 0 Å². The molecule has 0 radical (unpaired) electrons. The maximum Gasteiger partial charge on any atom is 0.290 e. The third-order valence-electron chi connectivity index (χ3n) is 2.38. The number of aromatic amines is 1. The third kappa shape index (κ3) is 4.22. The summed E-state index contributed by atoms with van der Waals surface area (Å²) in [4.78, 5) is 15.5. The molecule has 0 aliphatic rings. The summed E-state index contributed by atoms with van der Waals surface area (Å²) in [6, 6.07) is 3.67. The zero-order valence-electron chi connectivity index (χ0n) is 10.7. The van der Waals surface area contributed by atoms with E-state index in [9.17, 15) is 4.79 Å². The molecule has 0 aliphatic carbocycles. The predicted octanol–water partition coefficient (Wildman–Crippen LogP) is 1.04. The van der Waals surface area contributed by atoms with Crippen molar-refractivity contribution in [1.29, 1.82) is 0 Å². The molecule has 0 fully saturated rings. The lowest BCUT2D eigenvalue weighted by atomic mass is 10.4. The standard InChI is InChI=1S/C12H16N4O3/c1-9-14-11(16-15-9)12(17)13-5-3-6-18-8-10-4-2-7-19-10/h2,4,7H,3,5-6,8H2,1H3,(H,13,17)(H,14,15,16). The zero-order valence-corrected chi connectivity index (χ0v) is 10.7. The van der Waals surface area contributed by atoms with Crippen molar-refractivity contribution in [2.45, 2.75) is 20.0 Å². The van der Waals surface area contributed by atoms with E-state index in [2.05, 4.69) is 20.5 Å². The molecule has 0 atom stereocenters. The monoisotopic (exact) mass is 264 g/mol. The summed E-state index contributed by atoms with van der Waals surface area (Å²) in [7, 11) is 0. The summed E-state index contributed by atoms with van der Waals surface area (Å²) in [5, 5.41) is 9.11. The molecule has 0 aliphatic heterocycles.